The highest BCUT2D eigenvalue weighted by Gasteiger charge is 2.13. The lowest BCUT2D eigenvalue weighted by Crippen LogP contribution is -2.34. The van der Waals surface area contributed by atoms with E-state index in [-0.39, 0.29) is 37.0 Å². The summed E-state index contributed by atoms with van der Waals surface area (Å²) in [5.74, 6) is -0.562. The number of para-hydroxylation sites is 2. The van der Waals surface area contributed by atoms with E-state index in [2.05, 4.69) is 10.6 Å². The lowest BCUT2D eigenvalue weighted by molar-refractivity contribution is -0.124. The second kappa shape index (κ2) is 8.34. The molecule has 0 radical (unpaired) electrons. The van der Waals surface area contributed by atoms with Crippen LogP contribution in [0.5, 0.6) is 0 Å². The van der Waals surface area contributed by atoms with E-state index >= 15 is 0 Å². The summed E-state index contributed by atoms with van der Waals surface area (Å²) in [5.41, 5.74) is 5.32. The van der Waals surface area contributed by atoms with Crippen LogP contribution in [-0.4, -0.2) is 27.5 Å². The molecule has 0 bridgehead atoms. The summed E-state index contributed by atoms with van der Waals surface area (Å²) < 4.78 is 3.14. The van der Waals surface area contributed by atoms with Crippen LogP contribution in [0.25, 0.3) is 11.0 Å². The van der Waals surface area contributed by atoms with Crippen LogP contribution in [0.15, 0.2) is 41.2 Å². The Morgan fingerprint density at radius 3 is 2.24 bits per heavy atom. The third-order valence-electron chi connectivity index (χ3n) is 5.00. The Morgan fingerprint density at radius 1 is 0.966 bits per heavy atom. The molecule has 1 aromatic heterocycles. The monoisotopic (exact) mass is 394 g/mol. The van der Waals surface area contributed by atoms with Gasteiger partial charge in [-0.2, -0.15) is 0 Å². The highest BCUT2D eigenvalue weighted by atomic mass is 16.2. The Bertz CT molecular complexity index is 1120. The fourth-order valence-electron chi connectivity index (χ4n) is 3.62. The molecule has 0 spiro atoms. The smallest absolute Gasteiger partial charge is 0.328 e. The van der Waals surface area contributed by atoms with Gasteiger partial charge in [-0.25, -0.2) is 4.79 Å². The third-order valence-corrected chi connectivity index (χ3v) is 5.00. The van der Waals surface area contributed by atoms with Crippen LogP contribution in [-0.2, 0) is 23.2 Å². The van der Waals surface area contributed by atoms with E-state index in [1.165, 1.54) is 0 Å². The number of aryl methyl sites for hydroxylation is 5. The first kappa shape index (κ1) is 20.4. The number of nitrogens with one attached hydrogen (secondary N) is 2. The SMILES string of the molecule is Cc1cc(C)c(NC(=O)CNC(=O)CCn2c(=O)n(C)c3ccccc32)c(C)c1. The summed E-state index contributed by atoms with van der Waals surface area (Å²) in [7, 11) is 1.71. The second-order valence-corrected chi connectivity index (χ2v) is 7.33. The zero-order valence-corrected chi connectivity index (χ0v) is 17.2. The molecule has 2 N–H and O–H groups in total. The molecule has 0 aliphatic heterocycles. The summed E-state index contributed by atoms with van der Waals surface area (Å²) >= 11 is 0. The number of fused-ring (bicyclic) bond motifs is 1. The zero-order chi connectivity index (χ0) is 21.1. The van der Waals surface area contributed by atoms with Crippen molar-refractivity contribution in [1.29, 1.82) is 0 Å². The van der Waals surface area contributed by atoms with E-state index in [1.807, 2.05) is 57.2 Å². The number of hydrogen-bond acceptors (Lipinski definition) is 3. The minimum Gasteiger partial charge on any atom is -0.347 e. The Labute approximate surface area is 169 Å². The van der Waals surface area contributed by atoms with Gasteiger partial charge in [0.15, 0.2) is 0 Å². The molecule has 29 heavy (non-hydrogen) atoms. The van der Waals surface area contributed by atoms with Crippen molar-refractivity contribution in [3.63, 3.8) is 0 Å². The van der Waals surface area contributed by atoms with E-state index in [0.717, 1.165) is 33.4 Å². The molecule has 0 atom stereocenters. The molecule has 7 nitrogen and oxygen atoms in total. The number of benzene rings is 2. The van der Waals surface area contributed by atoms with E-state index in [0.29, 0.717) is 0 Å². The average Bonchev–Trinajstić information content (AvgIpc) is 2.92. The predicted octanol–water partition coefficient (Wildman–Crippen LogP) is 2.41. The molecule has 0 saturated heterocycles. The fourth-order valence-corrected chi connectivity index (χ4v) is 3.62. The van der Waals surface area contributed by atoms with Crippen LogP contribution in [0, 0.1) is 20.8 Å². The van der Waals surface area contributed by atoms with Crippen LogP contribution in [0.2, 0.25) is 0 Å². The number of nitrogens with zero attached hydrogens (tertiary/aromatic N) is 2. The number of imidazole rings is 1. The van der Waals surface area contributed by atoms with Gasteiger partial charge < -0.3 is 10.6 Å². The molecular formula is C22H26N4O3. The standard InChI is InChI=1S/C22H26N4O3/c1-14-11-15(2)21(16(3)12-14)24-20(28)13-23-19(27)9-10-26-18-8-6-5-7-17(18)25(4)22(26)29/h5-8,11-12H,9-10,13H2,1-4H3,(H,23,27)(H,24,28). The third kappa shape index (κ3) is 4.39. The minimum atomic E-state index is -0.282. The van der Waals surface area contributed by atoms with Crippen LogP contribution in [0.3, 0.4) is 0 Å². The van der Waals surface area contributed by atoms with E-state index < -0.39 is 0 Å². The van der Waals surface area contributed by atoms with Gasteiger partial charge in [0.1, 0.15) is 0 Å². The Morgan fingerprint density at radius 2 is 1.59 bits per heavy atom. The average molecular weight is 394 g/mol. The molecule has 152 valence electrons. The van der Waals surface area contributed by atoms with Gasteiger partial charge in [0.05, 0.1) is 17.6 Å². The number of anilines is 1. The van der Waals surface area contributed by atoms with Crippen molar-refractivity contribution in [2.45, 2.75) is 33.7 Å². The van der Waals surface area contributed by atoms with Crippen LogP contribution in [0.1, 0.15) is 23.1 Å². The largest absolute Gasteiger partial charge is 0.347 e. The maximum Gasteiger partial charge on any atom is 0.328 e. The van der Waals surface area contributed by atoms with Gasteiger partial charge in [-0.05, 0) is 44.0 Å². The van der Waals surface area contributed by atoms with Crippen molar-refractivity contribution in [2.75, 3.05) is 11.9 Å². The van der Waals surface area contributed by atoms with Gasteiger partial charge >= 0.3 is 5.69 Å². The van der Waals surface area contributed by atoms with Gasteiger partial charge in [0.25, 0.3) is 0 Å². The van der Waals surface area contributed by atoms with Crippen molar-refractivity contribution in [3.8, 4) is 0 Å². The predicted molar refractivity (Wildman–Crippen MR) is 114 cm³/mol. The van der Waals surface area contributed by atoms with E-state index in [9.17, 15) is 14.4 Å². The normalized spacial score (nSPS) is 10.9. The van der Waals surface area contributed by atoms with E-state index in [1.54, 1.807) is 16.2 Å². The molecule has 0 fully saturated rings. The van der Waals surface area contributed by atoms with Gasteiger partial charge in [0.2, 0.25) is 11.8 Å². The fraction of sp³-hybridized carbons (Fsp3) is 0.318. The van der Waals surface area contributed by atoms with Crippen LogP contribution >= 0.6 is 0 Å². The molecule has 0 aliphatic carbocycles. The second-order valence-electron chi connectivity index (χ2n) is 7.33. The molecule has 3 aromatic rings. The molecule has 3 rings (SSSR count). The van der Waals surface area contributed by atoms with Crippen molar-refractivity contribution < 1.29 is 9.59 Å². The number of hydrogen-bond donors (Lipinski definition) is 2. The summed E-state index contributed by atoms with van der Waals surface area (Å²) in [6.07, 6.45) is 0.115. The number of carbonyl (C=O) groups is 2. The first-order chi connectivity index (χ1) is 13.8. The Balaban J connectivity index is 1.57. The van der Waals surface area contributed by atoms with E-state index in [4.69, 9.17) is 0 Å². The lowest BCUT2D eigenvalue weighted by atomic mass is 10.1. The summed E-state index contributed by atoms with van der Waals surface area (Å²) in [6.45, 7) is 6.03. The molecule has 7 heteroatoms. The van der Waals surface area contributed by atoms with Crippen molar-refractivity contribution in [3.05, 3.63) is 63.6 Å². The molecule has 2 aromatic carbocycles. The van der Waals surface area contributed by atoms with Crippen molar-refractivity contribution in [2.24, 2.45) is 7.05 Å². The van der Waals surface area contributed by atoms with Gasteiger partial charge in [0, 0.05) is 25.7 Å². The Hall–Kier alpha value is -3.35. The van der Waals surface area contributed by atoms with Crippen LogP contribution < -0.4 is 16.3 Å². The quantitative estimate of drug-likeness (QED) is 0.673. The highest BCUT2D eigenvalue weighted by Crippen LogP contribution is 2.21. The highest BCUT2D eigenvalue weighted by molar-refractivity contribution is 5.95. The first-order valence-corrected chi connectivity index (χ1v) is 9.56. The zero-order valence-electron chi connectivity index (χ0n) is 17.2. The van der Waals surface area contributed by atoms with Gasteiger partial charge in [-0.3, -0.25) is 18.7 Å². The summed E-state index contributed by atoms with van der Waals surface area (Å²) in [5, 5.41) is 5.48. The molecule has 0 aliphatic rings. The number of aromatic nitrogens is 2. The van der Waals surface area contributed by atoms with Gasteiger partial charge in [-0.15, -0.1) is 0 Å². The number of rotatable bonds is 6. The summed E-state index contributed by atoms with van der Waals surface area (Å²) in [6, 6.07) is 11.5. The van der Waals surface area contributed by atoms with Crippen molar-refractivity contribution in [1.82, 2.24) is 14.5 Å². The molecule has 2 amide bonds. The molecule has 0 saturated carbocycles. The maximum atomic E-state index is 12.4. The molecular weight excluding hydrogens is 368 g/mol. The topological polar surface area (TPSA) is 85.1 Å². The van der Waals surface area contributed by atoms with Gasteiger partial charge in [-0.1, -0.05) is 29.8 Å². The molecule has 0 unspecified atom stereocenters. The minimum absolute atomic E-state index is 0.115. The summed E-state index contributed by atoms with van der Waals surface area (Å²) in [4.78, 5) is 36.8. The Kier molecular flexibility index (Phi) is 5.87. The maximum absolute atomic E-state index is 12.4. The lowest BCUT2D eigenvalue weighted by Gasteiger charge is -2.13. The van der Waals surface area contributed by atoms with Crippen LogP contribution in [0.4, 0.5) is 5.69 Å². The number of carbonyl (C=O) groups excluding carboxylic acids is 2. The number of amides is 2. The van der Waals surface area contributed by atoms with Crippen molar-refractivity contribution >= 4 is 28.5 Å². The molecule has 1 heterocycles. The first-order valence-electron chi connectivity index (χ1n) is 9.56.